The van der Waals surface area contributed by atoms with Gasteiger partial charge < -0.3 is 9.64 Å². The van der Waals surface area contributed by atoms with Gasteiger partial charge in [0.15, 0.2) is 0 Å². The van der Waals surface area contributed by atoms with Crippen molar-refractivity contribution in [1.29, 1.82) is 0 Å². The average molecular weight is 341 g/mol. The smallest absolute Gasteiger partial charge is 0.248 e. The second-order valence-corrected chi connectivity index (χ2v) is 5.90. The molecule has 0 unspecified atom stereocenters. The molecule has 5 heteroatoms. The summed E-state index contributed by atoms with van der Waals surface area (Å²) in [6.45, 7) is 4.35. The van der Waals surface area contributed by atoms with Crippen molar-refractivity contribution in [3.05, 3.63) is 28.0 Å². The van der Waals surface area contributed by atoms with Crippen molar-refractivity contribution in [2.24, 2.45) is 0 Å². The summed E-state index contributed by atoms with van der Waals surface area (Å²) < 4.78 is 6.53. The molecule has 1 aromatic rings. The molecule has 0 radical (unpaired) electrons. The topological polar surface area (TPSA) is 42.4 Å². The molecule has 20 heavy (non-hydrogen) atoms. The lowest BCUT2D eigenvalue weighted by Gasteiger charge is -2.28. The third kappa shape index (κ3) is 4.03. The maximum Gasteiger partial charge on any atom is 0.248 e. The zero-order chi connectivity index (χ0) is 14.4. The van der Waals surface area contributed by atoms with E-state index in [9.17, 15) is 4.79 Å². The molecule has 1 amide bonds. The van der Waals surface area contributed by atoms with Crippen molar-refractivity contribution in [3.8, 4) is 0 Å². The van der Waals surface area contributed by atoms with E-state index in [2.05, 4.69) is 27.8 Å². The summed E-state index contributed by atoms with van der Waals surface area (Å²) >= 11 is 3.54. The number of fused-ring (bicyclic) bond motifs is 1. The monoisotopic (exact) mass is 340 g/mol. The average Bonchev–Trinajstić information content (AvgIpc) is 2.47. The largest absolute Gasteiger partial charge is 0.372 e. The van der Waals surface area contributed by atoms with Crippen LogP contribution in [0.3, 0.4) is 0 Å². The fourth-order valence-corrected chi connectivity index (χ4v) is 2.88. The molecule has 0 saturated heterocycles. The van der Waals surface area contributed by atoms with Crippen LogP contribution in [0.4, 0.5) is 0 Å². The Hall–Kier alpha value is -0.940. The van der Waals surface area contributed by atoms with Crippen LogP contribution in [0, 0.1) is 0 Å². The van der Waals surface area contributed by atoms with Gasteiger partial charge in [-0.05, 0) is 24.5 Å². The fraction of sp³-hybridized carbons (Fsp3) is 0.600. The fourth-order valence-electron chi connectivity index (χ4n) is 2.33. The van der Waals surface area contributed by atoms with Gasteiger partial charge >= 0.3 is 0 Å². The van der Waals surface area contributed by atoms with Crippen LogP contribution in [-0.2, 0) is 22.5 Å². The molecule has 0 bridgehead atoms. The highest BCUT2D eigenvalue weighted by Crippen LogP contribution is 2.24. The molecule has 2 heterocycles. The summed E-state index contributed by atoms with van der Waals surface area (Å²) in [7, 11) is 0. The number of aromatic nitrogens is 1. The molecule has 0 fully saturated rings. The number of pyridine rings is 1. The lowest BCUT2D eigenvalue weighted by Crippen LogP contribution is -2.38. The zero-order valence-electron chi connectivity index (χ0n) is 11.9. The highest BCUT2D eigenvalue weighted by atomic mass is 79.9. The van der Waals surface area contributed by atoms with Gasteiger partial charge in [0, 0.05) is 23.8 Å². The van der Waals surface area contributed by atoms with Gasteiger partial charge in [-0.2, -0.15) is 0 Å². The van der Waals surface area contributed by atoms with Crippen molar-refractivity contribution in [2.45, 2.75) is 39.2 Å². The highest BCUT2D eigenvalue weighted by molar-refractivity contribution is 9.10. The van der Waals surface area contributed by atoms with Crippen LogP contribution in [-0.4, -0.2) is 35.5 Å². The van der Waals surface area contributed by atoms with Crippen molar-refractivity contribution in [1.82, 2.24) is 9.88 Å². The number of carbonyl (C=O) groups excluding carboxylic acids is 1. The number of hydrogen-bond acceptors (Lipinski definition) is 3. The molecule has 1 aromatic heterocycles. The Labute approximate surface area is 128 Å². The van der Waals surface area contributed by atoms with Crippen LogP contribution in [0.1, 0.15) is 37.4 Å². The lowest BCUT2D eigenvalue weighted by molar-refractivity contribution is -0.137. The molecule has 0 aromatic carbocycles. The molecule has 1 aliphatic heterocycles. The Morgan fingerprint density at radius 1 is 1.50 bits per heavy atom. The summed E-state index contributed by atoms with van der Waals surface area (Å²) in [4.78, 5) is 18.3. The molecular weight excluding hydrogens is 320 g/mol. The highest BCUT2D eigenvalue weighted by Gasteiger charge is 2.22. The first-order valence-corrected chi connectivity index (χ1v) is 7.99. The van der Waals surface area contributed by atoms with E-state index in [-0.39, 0.29) is 12.5 Å². The molecule has 1 aliphatic rings. The van der Waals surface area contributed by atoms with E-state index >= 15 is 0 Å². The minimum absolute atomic E-state index is 0.0638. The first-order chi connectivity index (χ1) is 9.72. The normalized spacial score (nSPS) is 14.2. The minimum Gasteiger partial charge on any atom is -0.372 e. The van der Waals surface area contributed by atoms with Crippen molar-refractivity contribution in [2.75, 3.05) is 19.8 Å². The van der Waals surface area contributed by atoms with E-state index in [1.165, 1.54) is 12.0 Å². The summed E-state index contributed by atoms with van der Waals surface area (Å²) in [6.07, 6.45) is 5.98. The third-order valence-electron chi connectivity index (χ3n) is 3.53. The van der Waals surface area contributed by atoms with Crippen LogP contribution in [0.25, 0.3) is 0 Å². The van der Waals surface area contributed by atoms with Gasteiger partial charge in [0.2, 0.25) is 5.91 Å². The van der Waals surface area contributed by atoms with E-state index in [4.69, 9.17) is 4.74 Å². The number of halogens is 1. The second kappa shape index (κ2) is 7.74. The maximum absolute atomic E-state index is 12.1. The number of nitrogens with zero attached hydrogens (tertiary/aromatic N) is 2. The van der Waals surface area contributed by atoms with Crippen LogP contribution >= 0.6 is 15.9 Å². The first kappa shape index (κ1) is 15.4. The van der Waals surface area contributed by atoms with E-state index < -0.39 is 0 Å². The van der Waals surface area contributed by atoms with Crippen molar-refractivity contribution >= 4 is 21.8 Å². The Balaban J connectivity index is 1.81. The van der Waals surface area contributed by atoms with Crippen LogP contribution in [0.5, 0.6) is 0 Å². The molecule has 0 spiro atoms. The number of amides is 1. The number of hydrogen-bond donors (Lipinski definition) is 0. The van der Waals surface area contributed by atoms with Crippen LogP contribution in [0.15, 0.2) is 16.7 Å². The SMILES string of the molecule is CCCCCOCC(=O)N1CCc2c(Br)ccnc2C1. The molecule has 0 aliphatic carbocycles. The predicted molar refractivity (Wildman–Crippen MR) is 81.4 cm³/mol. The van der Waals surface area contributed by atoms with Gasteiger partial charge in [-0.25, -0.2) is 0 Å². The molecule has 0 N–H and O–H groups in total. The summed E-state index contributed by atoms with van der Waals surface area (Å²) in [5.41, 5.74) is 2.21. The number of unbranched alkanes of at least 4 members (excludes halogenated alkanes) is 2. The zero-order valence-corrected chi connectivity index (χ0v) is 13.5. The summed E-state index contributed by atoms with van der Waals surface area (Å²) in [5, 5.41) is 0. The standard InChI is InChI=1S/C15H21BrN2O2/c1-2-3-4-9-20-11-15(19)18-8-6-12-13(16)5-7-17-14(12)10-18/h5,7H,2-4,6,8-11H2,1H3. The molecule has 4 nitrogen and oxygen atoms in total. The van der Waals surface area contributed by atoms with Crippen molar-refractivity contribution in [3.63, 3.8) is 0 Å². The maximum atomic E-state index is 12.1. The van der Waals surface area contributed by atoms with Gasteiger partial charge in [-0.1, -0.05) is 35.7 Å². The quantitative estimate of drug-likeness (QED) is 0.747. The van der Waals surface area contributed by atoms with Gasteiger partial charge in [-0.3, -0.25) is 9.78 Å². The van der Waals surface area contributed by atoms with E-state index in [0.29, 0.717) is 13.2 Å². The molecular formula is C15H21BrN2O2. The molecule has 0 saturated carbocycles. The van der Waals surface area contributed by atoms with Crippen LogP contribution in [0.2, 0.25) is 0 Å². The summed E-state index contributed by atoms with van der Waals surface area (Å²) in [6, 6.07) is 1.95. The molecule has 110 valence electrons. The Morgan fingerprint density at radius 2 is 2.35 bits per heavy atom. The molecule has 0 atom stereocenters. The lowest BCUT2D eigenvalue weighted by atomic mass is 10.1. The van der Waals surface area contributed by atoms with E-state index in [1.807, 2.05) is 11.0 Å². The molecule has 2 rings (SSSR count). The number of carbonyl (C=O) groups is 1. The van der Waals surface area contributed by atoms with Gasteiger partial charge in [0.25, 0.3) is 0 Å². The Morgan fingerprint density at radius 3 is 3.15 bits per heavy atom. The second-order valence-electron chi connectivity index (χ2n) is 5.04. The van der Waals surface area contributed by atoms with E-state index in [1.54, 1.807) is 6.20 Å². The minimum atomic E-state index is 0.0638. The third-order valence-corrected chi connectivity index (χ3v) is 4.27. The number of ether oxygens (including phenoxy) is 1. The van der Waals surface area contributed by atoms with Crippen molar-refractivity contribution < 1.29 is 9.53 Å². The Kier molecular flexibility index (Phi) is 5.98. The van der Waals surface area contributed by atoms with Gasteiger partial charge in [-0.15, -0.1) is 0 Å². The predicted octanol–water partition coefficient (Wildman–Crippen LogP) is 2.94. The first-order valence-electron chi connectivity index (χ1n) is 7.20. The van der Waals surface area contributed by atoms with Gasteiger partial charge in [0.1, 0.15) is 6.61 Å². The summed E-state index contributed by atoms with van der Waals surface area (Å²) in [5.74, 6) is 0.0638. The van der Waals surface area contributed by atoms with Gasteiger partial charge in [0.05, 0.1) is 12.2 Å². The van der Waals surface area contributed by atoms with E-state index in [0.717, 1.165) is 36.0 Å². The van der Waals surface area contributed by atoms with Crippen LogP contribution < -0.4 is 0 Å². The Bertz CT molecular complexity index is 465. The number of rotatable bonds is 6.